The fourth-order valence-electron chi connectivity index (χ4n) is 3.54. The van der Waals surface area contributed by atoms with Crippen LogP contribution in [0.25, 0.3) is 17.0 Å². The molecular weight excluding hydrogens is 428 g/mol. The van der Waals surface area contributed by atoms with Gasteiger partial charge in [-0.15, -0.1) is 0 Å². The van der Waals surface area contributed by atoms with Gasteiger partial charge < -0.3 is 19.9 Å². The van der Waals surface area contributed by atoms with Crippen LogP contribution in [0.15, 0.2) is 30.3 Å². The summed E-state index contributed by atoms with van der Waals surface area (Å²) < 4.78 is 35.2. The van der Waals surface area contributed by atoms with Gasteiger partial charge in [0.25, 0.3) is 0 Å². The molecule has 0 unspecified atom stereocenters. The van der Waals surface area contributed by atoms with Gasteiger partial charge in [-0.05, 0) is 39.8 Å². The standard InChI is InChI=1S/C23H25F2N7O/c1-5-8-14-10-19(31-30-14)27-18-12-20(32(6-2)7-3)29-23(28-18)33-17-11-16(24)22-15(21(17)25)9-13(4)26-22/h5,8-12,26H,6-7H2,1-4H3,(H2,27,28,29,30,31)/b8-5+. The summed E-state index contributed by atoms with van der Waals surface area (Å²) in [5, 5.41) is 10.3. The van der Waals surface area contributed by atoms with Crippen molar-refractivity contribution in [1.82, 2.24) is 25.1 Å². The van der Waals surface area contributed by atoms with E-state index >= 15 is 4.39 Å². The number of benzene rings is 1. The molecule has 4 aromatic rings. The fourth-order valence-corrected chi connectivity index (χ4v) is 3.54. The summed E-state index contributed by atoms with van der Waals surface area (Å²) in [6, 6.07) is 5.97. The molecule has 3 aromatic heterocycles. The minimum absolute atomic E-state index is 0.0907. The van der Waals surface area contributed by atoms with Gasteiger partial charge in [0.05, 0.1) is 11.2 Å². The van der Waals surface area contributed by atoms with Gasteiger partial charge in [-0.2, -0.15) is 15.1 Å². The number of hydrogen-bond donors (Lipinski definition) is 3. The van der Waals surface area contributed by atoms with Gasteiger partial charge in [-0.25, -0.2) is 8.78 Å². The first-order valence-corrected chi connectivity index (χ1v) is 10.7. The third kappa shape index (κ3) is 4.64. The molecule has 3 heterocycles. The van der Waals surface area contributed by atoms with E-state index in [1.54, 1.807) is 13.0 Å². The number of aryl methyl sites for hydroxylation is 1. The predicted octanol–water partition coefficient (Wildman–Crippen LogP) is 5.68. The van der Waals surface area contributed by atoms with Crippen LogP contribution in [0.1, 0.15) is 32.2 Å². The molecule has 0 aliphatic rings. The van der Waals surface area contributed by atoms with E-state index in [1.165, 1.54) is 6.07 Å². The molecule has 172 valence electrons. The van der Waals surface area contributed by atoms with Crippen molar-refractivity contribution in [2.45, 2.75) is 27.7 Å². The summed E-state index contributed by atoms with van der Waals surface area (Å²) in [6.45, 7) is 9.01. The van der Waals surface area contributed by atoms with Gasteiger partial charge in [0.15, 0.2) is 23.2 Å². The molecule has 0 bridgehead atoms. The average molecular weight is 453 g/mol. The number of anilines is 3. The molecule has 8 nitrogen and oxygen atoms in total. The summed E-state index contributed by atoms with van der Waals surface area (Å²) in [6.07, 6.45) is 3.77. The molecule has 4 rings (SSSR count). The molecule has 0 saturated carbocycles. The predicted molar refractivity (Wildman–Crippen MR) is 125 cm³/mol. The zero-order valence-corrected chi connectivity index (χ0v) is 18.8. The van der Waals surface area contributed by atoms with E-state index in [0.717, 1.165) is 11.8 Å². The third-order valence-electron chi connectivity index (χ3n) is 5.08. The van der Waals surface area contributed by atoms with Crippen LogP contribution in [0.2, 0.25) is 0 Å². The first kappa shape index (κ1) is 22.3. The molecule has 0 fully saturated rings. The number of halogens is 2. The maximum atomic E-state index is 15.0. The van der Waals surface area contributed by atoms with Crippen molar-refractivity contribution in [3.8, 4) is 11.8 Å². The Morgan fingerprint density at radius 2 is 1.88 bits per heavy atom. The van der Waals surface area contributed by atoms with E-state index in [9.17, 15) is 4.39 Å². The van der Waals surface area contributed by atoms with E-state index in [0.29, 0.717) is 36.2 Å². The van der Waals surface area contributed by atoms with E-state index in [2.05, 4.69) is 30.5 Å². The number of rotatable bonds is 8. The van der Waals surface area contributed by atoms with Crippen LogP contribution in [0, 0.1) is 18.6 Å². The first-order chi connectivity index (χ1) is 15.9. The van der Waals surface area contributed by atoms with Crippen LogP contribution in [-0.4, -0.2) is 38.2 Å². The van der Waals surface area contributed by atoms with Crippen molar-refractivity contribution < 1.29 is 13.5 Å². The number of nitrogens with one attached hydrogen (secondary N) is 3. The molecule has 0 radical (unpaired) electrons. The lowest BCUT2D eigenvalue weighted by molar-refractivity contribution is 0.411. The Morgan fingerprint density at radius 3 is 2.61 bits per heavy atom. The lowest BCUT2D eigenvalue weighted by Gasteiger charge is -2.21. The van der Waals surface area contributed by atoms with E-state index in [-0.39, 0.29) is 22.7 Å². The summed E-state index contributed by atoms with van der Waals surface area (Å²) in [5.41, 5.74) is 1.55. The topological polar surface area (TPSA) is 94.8 Å². The number of hydrogen-bond acceptors (Lipinski definition) is 6. The number of fused-ring (bicyclic) bond motifs is 1. The van der Waals surface area contributed by atoms with Crippen LogP contribution in [-0.2, 0) is 0 Å². The Kier molecular flexibility index (Phi) is 6.25. The molecule has 0 spiro atoms. The highest BCUT2D eigenvalue weighted by Gasteiger charge is 2.18. The number of ether oxygens (including phenoxy) is 1. The molecule has 3 N–H and O–H groups in total. The van der Waals surface area contributed by atoms with Gasteiger partial charge in [0, 0.05) is 42.4 Å². The van der Waals surface area contributed by atoms with Crippen molar-refractivity contribution in [2.75, 3.05) is 23.3 Å². The van der Waals surface area contributed by atoms with Crippen molar-refractivity contribution in [1.29, 1.82) is 0 Å². The maximum absolute atomic E-state index is 15.0. The lowest BCUT2D eigenvalue weighted by atomic mass is 10.2. The summed E-state index contributed by atoms with van der Waals surface area (Å²) >= 11 is 0. The van der Waals surface area contributed by atoms with Crippen LogP contribution in [0.3, 0.4) is 0 Å². The second kappa shape index (κ2) is 9.27. The normalized spacial score (nSPS) is 11.5. The number of aromatic nitrogens is 5. The van der Waals surface area contributed by atoms with Crippen LogP contribution in [0.4, 0.5) is 26.2 Å². The average Bonchev–Trinajstić information content (AvgIpc) is 3.39. The maximum Gasteiger partial charge on any atom is 0.326 e. The molecule has 0 amide bonds. The summed E-state index contributed by atoms with van der Waals surface area (Å²) in [4.78, 5) is 13.6. The molecule has 0 aliphatic carbocycles. The highest BCUT2D eigenvalue weighted by atomic mass is 19.1. The highest BCUT2D eigenvalue weighted by molar-refractivity contribution is 5.83. The number of allylic oxidation sites excluding steroid dienone is 1. The molecular formula is C23H25F2N7O. The third-order valence-corrected chi connectivity index (χ3v) is 5.08. The number of H-pyrrole nitrogens is 2. The van der Waals surface area contributed by atoms with Gasteiger partial charge in [0.1, 0.15) is 11.6 Å². The zero-order valence-electron chi connectivity index (χ0n) is 18.8. The van der Waals surface area contributed by atoms with Crippen LogP contribution < -0.4 is 15.0 Å². The highest BCUT2D eigenvalue weighted by Crippen LogP contribution is 2.33. The Labute approximate surface area is 189 Å². The smallest absolute Gasteiger partial charge is 0.326 e. The monoisotopic (exact) mass is 453 g/mol. The molecule has 10 heteroatoms. The summed E-state index contributed by atoms with van der Waals surface area (Å²) in [7, 11) is 0. The second-order valence-electron chi connectivity index (χ2n) is 7.41. The molecule has 0 aliphatic heterocycles. The van der Waals surface area contributed by atoms with E-state index in [4.69, 9.17) is 4.74 Å². The van der Waals surface area contributed by atoms with Crippen molar-refractivity contribution >= 4 is 34.4 Å². The van der Waals surface area contributed by atoms with Crippen molar-refractivity contribution in [3.05, 3.63) is 53.4 Å². The fraction of sp³-hybridized carbons (Fsp3) is 0.261. The minimum Gasteiger partial charge on any atom is -0.421 e. The van der Waals surface area contributed by atoms with E-state index in [1.807, 2.05) is 43.9 Å². The Hall–Kier alpha value is -3.95. The number of aromatic amines is 2. The Bertz CT molecular complexity index is 1310. The van der Waals surface area contributed by atoms with Crippen LogP contribution in [0.5, 0.6) is 11.8 Å². The van der Waals surface area contributed by atoms with Crippen LogP contribution >= 0.6 is 0 Å². The molecule has 0 saturated heterocycles. The van der Waals surface area contributed by atoms with E-state index < -0.39 is 11.6 Å². The quantitative estimate of drug-likeness (QED) is 0.318. The second-order valence-corrected chi connectivity index (χ2v) is 7.41. The zero-order chi connectivity index (χ0) is 23.5. The van der Waals surface area contributed by atoms with Crippen molar-refractivity contribution in [2.24, 2.45) is 0 Å². The Morgan fingerprint density at radius 1 is 1.09 bits per heavy atom. The van der Waals surface area contributed by atoms with Gasteiger partial charge in [0.2, 0.25) is 0 Å². The largest absolute Gasteiger partial charge is 0.421 e. The molecule has 33 heavy (non-hydrogen) atoms. The van der Waals surface area contributed by atoms with Gasteiger partial charge >= 0.3 is 6.01 Å². The molecule has 1 aromatic carbocycles. The Balaban J connectivity index is 1.72. The van der Waals surface area contributed by atoms with Gasteiger partial charge in [-0.3, -0.25) is 5.10 Å². The first-order valence-electron chi connectivity index (χ1n) is 10.7. The van der Waals surface area contributed by atoms with Gasteiger partial charge in [-0.1, -0.05) is 6.08 Å². The summed E-state index contributed by atoms with van der Waals surface area (Å²) in [5.74, 6) is -0.0846. The minimum atomic E-state index is -0.689. The SMILES string of the molecule is C/C=C/c1cc(Nc2cc(N(CC)CC)nc(Oc3cc(F)c4[nH]c(C)cc4c3F)n2)n[nH]1. The van der Waals surface area contributed by atoms with Crippen molar-refractivity contribution in [3.63, 3.8) is 0 Å². The lowest BCUT2D eigenvalue weighted by Crippen LogP contribution is -2.23. The molecule has 0 atom stereocenters. The number of nitrogens with zero attached hydrogens (tertiary/aromatic N) is 4.